The Balaban J connectivity index is 0.00000162. The molecule has 1 saturated heterocycles. The van der Waals surface area contributed by atoms with Crippen molar-refractivity contribution in [2.45, 2.75) is 12.5 Å². The lowest BCUT2D eigenvalue weighted by molar-refractivity contribution is -0.123. The third kappa shape index (κ3) is 4.99. The van der Waals surface area contributed by atoms with Crippen LogP contribution in [0.5, 0.6) is 5.75 Å². The Bertz CT molecular complexity index is 380. The van der Waals surface area contributed by atoms with E-state index in [-0.39, 0.29) is 31.0 Å². The number of ether oxygens (including phenoxy) is 1. The first-order valence-electron chi connectivity index (χ1n) is 5.62. The minimum Gasteiger partial charge on any atom is -0.484 e. The highest BCUT2D eigenvalue weighted by molar-refractivity contribution is 14.1. The average Bonchev–Trinajstić information content (AvgIpc) is 2.81. The summed E-state index contributed by atoms with van der Waals surface area (Å²) in [4.78, 5) is 11.6. The molecule has 1 fully saturated rings. The van der Waals surface area contributed by atoms with Crippen molar-refractivity contribution in [2.75, 3.05) is 19.7 Å². The molecule has 6 heteroatoms. The topological polar surface area (TPSA) is 50.4 Å². The minimum absolute atomic E-state index is 0. The molecule has 1 aliphatic heterocycles. The van der Waals surface area contributed by atoms with Crippen molar-refractivity contribution in [3.8, 4) is 5.75 Å². The Morgan fingerprint density at radius 3 is 2.78 bits per heavy atom. The fraction of sp³-hybridized carbons (Fsp3) is 0.417. The number of nitrogens with one attached hydrogen (secondary N) is 2. The smallest absolute Gasteiger partial charge is 0.258 e. The quantitative estimate of drug-likeness (QED) is 0.777. The summed E-state index contributed by atoms with van der Waals surface area (Å²) in [5.41, 5.74) is 0. The molecule has 4 nitrogen and oxygen atoms in total. The van der Waals surface area contributed by atoms with Gasteiger partial charge in [-0.1, -0.05) is 0 Å². The van der Waals surface area contributed by atoms with E-state index in [1.807, 2.05) is 24.3 Å². The number of carbonyl (C=O) groups is 1. The van der Waals surface area contributed by atoms with E-state index < -0.39 is 0 Å². The van der Waals surface area contributed by atoms with E-state index in [9.17, 15) is 4.79 Å². The van der Waals surface area contributed by atoms with Gasteiger partial charge in [0, 0.05) is 16.2 Å². The predicted molar refractivity (Wildman–Crippen MR) is 81.3 cm³/mol. The molecule has 0 spiro atoms. The lowest BCUT2D eigenvalue weighted by atomic mass is 10.2. The summed E-state index contributed by atoms with van der Waals surface area (Å²) in [5.74, 6) is 0.669. The number of benzene rings is 1. The maximum Gasteiger partial charge on any atom is 0.258 e. The number of rotatable bonds is 4. The predicted octanol–water partition coefficient (Wildman–Crippen LogP) is 1.57. The molecule has 2 rings (SSSR count). The molecule has 1 aromatic rings. The van der Waals surface area contributed by atoms with Crippen LogP contribution in [0.4, 0.5) is 0 Å². The number of hydrogen-bond donors (Lipinski definition) is 2. The summed E-state index contributed by atoms with van der Waals surface area (Å²) in [6.07, 6.45) is 0.995. The molecule has 1 heterocycles. The lowest BCUT2D eigenvalue weighted by Gasteiger charge is -2.11. The standard InChI is InChI=1S/C12H15IN2O2.ClH/c13-9-1-3-11(4-2-9)17-8-12(16)15-10-5-6-14-7-10;/h1-4,10,14H,5-8H2,(H,15,16);1H. The molecule has 0 aromatic heterocycles. The fourth-order valence-electron chi connectivity index (χ4n) is 1.73. The van der Waals surface area contributed by atoms with Gasteiger partial charge in [-0.15, -0.1) is 12.4 Å². The number of halogens is 2. The second kappa shape index (κ2) is 7.81. The zero-order valence-corrected chi connectivity index (χ0v) is 12.8. The highest BCUT2D eigenvalue weighted by atomic mass is 127. The zero-order valence-electron chi connectivity index (χ0n) is 9.82. The maximum absolute atomic E-state index is 11.6. The van der Waals surface area contributed by atoms with Gasteiger partial charge in [-0.05, 0) is 59.8 Å². The van der Waals surface area contributed by atoms with Crippen LogP contribution in [0.25, 0.3) is 0 Å². The number of carbonyl (C=O) groups excluding carboxylic acids is 1. The molecule has 1 atom stereocenters. The van der Waals surface area contributed by atoms with E-state index in [0.29, 0.717) is 0 Å². The van der Waals surface area contributed by atoms with Crippen LogP contribution in [-0.4, -0.2) is 31.6 Å². The van der Waals surface area contributed by atoms with Gasteiger partial charge in [0.1, 0.15) is 5.75 Å². The van der Waals surface area contributed by atoms with Crippen molar-refractivity contribution in [1.29, 1.82) is 0 Å². The summed E-state index contributed by atoms with van der Waals surface area (Å²) in [6, 6.07) is 7.89. The van der Waals surface area contributed by atoms with Crippen LogP contribution in [0, 0.1) is 3.57 Å². The molecule has 1 aliphatic rings. The molecule has 1 amide bonds. The van der Waals surface area contributed by atoms with Crippen LogP contribution in [-0.2, 0) is 4.79 Å². The van der Waals surface area contributed by atoms with Crippen molar-refractivity contribution in [2.24, 2.45) is 0 Å². The fourth-order valence-corrected chi connectivity index (χ4v) is 2.09. The molecule has 2 N–H and O–H groups in total. The average molecular weight is 383 g/mol. The van der Waals surface area contributed by atoms with Gasteiger partial charge in [0.2, 0.25) is 0 Å². The Kier molecular flexibility index (Phi) is 6.73. The molecule has 0 radical (unpaired) electrons. The highest BCUT2D eigenvalue weighted by Crippen LogP contribution is 2.13. The van der Waals surface area contributed by atoms with Crippen LogP contribution in [0.1, 0.15) is 6.42 Å². The minimum atomic E-state index is -0.0581. The second-order valence-corrected chi connectivity index (χ2v) is 5.25. The van der Waals surface area contributed by atoms with Crippen molar-refractivity contribution in [3.63, 3.8) is 0 Å². The highest BCUT2D eigenvalue weighted by Gasteiger charge is 2.16. The van der Waals surface area contributed by atoms with Crippen LogP contribution in [0.3, 0.4) is 0 Å². The third-order valence-corrected chi connectivity index (χ3v) is 3.33. The van der Waals surface area contributed by atoms with E-state index in [4.69, 9.17) is 4.74 Å². The van der Waals surface area contributed by atoms with E-state index in [1.165, 1.54) is 0 Å². The molecule has 0 aliphatic carbocycles. The monoisotopic (exact) mass is 382 g/mol. The van der Waals surface area contributed by atoms with Crippen LogP contribution >= 0.6 is 35.0 Å². The van der Waals surface area contributed by atoms with E-state index >= 15 is 0 Å². The summed E-state index contributed by atoms with van der Waals surface area (Å²) < 4.78 is 6.55. The van der Waals surface area contributed by atoms with Crippen molar-refractivity contribution < 1.29 is 9.53 Å². The second-order valence-electron chi connectivity index (χ2n) is 4.00. The van der Waals surface area contributed by atoms with Gasteiger partial charge in [-0.3, -0.25) is 4.79 Å². The Morgan fingerprint density at radius 1 is 1.44 bits per heavy atom. The van der Waals surface area contributed by atoms with Gasteiger partial charge in [0.15, 0.2) is 6.61 Å². The molecular weight excluding hydrogens is 367 g/mol. The third-order valence-electron chi connectivity index (χ3n) is 2.61. The Labute approximate surface area is 126 Å². The first kappa shape index (κ1) is 15.5. The molecule has 0 bridgehead atoms. The number of hydrogen-bond acceptors (Lipinski definition) is 3. The largest absolute Gasteiger partial charge is 0.484 e. The first-order valence-corrected chi connectivity index (χ1v) is 6.70. The van der Waals surface area contributed by atoms with E-state index in [2.05, 4.69) is 33.2 Å². The van der Waals surface area contributed by atoms with Gasteiger partial charge in [-0.25, -0.2) is 0 Å². The molecule has 1 aromatic carbocycles. The van der Waals surface area contributed by atoms with Crippen molar-refractivity contribution in [3.05, 3.63) is 27.8 Å². The van der Waals surface area contributed by atoms with Crippen molar-refractivity contribution in [1.82, 2.24) is 10.6 Å². The van der Waals surface area contributed by atoms with Gasteiger partial charge >= 0.3 is 0 Å². The Hall–Kier alpha value is -0.530. The van der Waals surface area contributed by atoms with E-state index in [0.717, 1.165) is 28.8 Å². The molecule has 18 heavy (non-hydrogen) atoms. The molecule has 100 valence electrons. The molecule has 1 unspecified atom stereocenters. The van der Waals surface area contributed by atoms with Crippen LogP contribution in [0.2, 0.25) is 0 Å². The van der Waals surface area contributed by atoms with Crippen LogP contribution < -0.4 is 15.4 Å². The van der Waals surface area contributed by atoms with Gasteiger partial charge in [0.25, 0.3) is 5.91 Å². The summed E-state index contributed by atoms with van der Waals surface area (Å²) in [5, 5.41) is 6.13. The molecule has 0 saturated carbocycles. The zero-order chi connectivity index (χ0) is 12.1. The first-order chi connectivity index (χ1) is 8.24. The Morgan fingerprint density at radius 2 is 2.17 bits per heavy atom. The van der Waals surface area contributed by atoms with E-state index in [1.54, 1.807) is 0 Å². The van der Waals surface area contributed by atoms with Crippen molar-refractivity contribution >= 4 is 40.9 Å². The summed E-state index contributed by atoms with van der Waals surface area (Å²) >= 11 is 2.23. The summed E-state index contributed by atoms with van der Waals surface area (Å²) in [7, 11) is 0. The van der Waals surface area contributed by atoms with Crippen LogP contribution in [0.15, 0.2) is 24.3 Å². The maximum atomic E-state index is 11.6. The summed E-state index contributed by atoms with van der Waals surface area (Å²) in [6.45, 7) is 1.91. The molecular formula is C12H16ClIN2O2. The SMILES string of the molecule is Cl.O=C(COc1ccc(I)cc1)NC1CCNC1. The van der Waals surface area contributed by atoms with Gasteiger partial charge < -0.3 is 15.4 Å². The van der Waals surface area contributed by atoms with Gasteiger partial charge in [0.05, 0.1) is 0 Å². The number of amides is 1. The van der Waals surface area contributed by atoms with Gasteiger partial charge in [-0.2, -0.15) is 0 Å². The lowest BCUT2D eigenvalue weighted by Crippen LogP contribution is -2.39. The normalized spacial score (nSPS) is 17.9.